The number of benzene rings is 1. The van der Waals surface area contributed by atoms with Gasteiger partial charge in [0.05, 0.1) is 11.6 Å². The number of para-hydroxylation sites is 1. The van der Waals surface area contributed by atoms with Gasteiger partial charge in [-0.3, -0.25) is 9.59 Å². The van der Waals surface area contributed by atoms with Crippen LogP contribution in [-0.4, -0.2) is 24.4 Å². The van der Waals surface area contributed by atoms with Crippen LogP contribution in [-0.2, 0) is 9.59 Å². The maximum atomic E-state index is 14.0. The molecule has 27 heavy (non-hydrogen) atoms. The monoisotopic (exact) mass is 374 g/mol. The number of hydrogen-bond acceptors (Lipinski definition) is 2. The molecule has 0 aromatic heterocycles. The highest BCUT2D eigenvalue weighted by atomic mass is 19.1. The molecule has 0 unspecified atom stereocenters. The van der Waals surface area contributed by atoms with Gasteiger partial charge < -0.3 is 10.2 Å². The molecule has 1 heterocycles. The average molecular weight is 375 g/mol. The van der Waals surface area contributed by atoms with Crippen molar-refractivity contribution in [3.8, 4) is 0 Å². The third-order valence-electron chi connectivity index (χ3n) is 6.73. The van der Waals surface area contributed by atoms with Crippen LogP contribution in [0.3, 0.4) is 0 Å². The van der Waals surface area contributed by atoms with Gasteiger partial charge in [-0.25, -0.2) is 4.39 Å². The molecule has 4 nitrogen and oxygen atoms in total. The Morgan fingerprint density at radius 3 is 2.52 bits per heavy atom. The Morgan fingerprint density at radius 1 is 1.22 bits per heavy atom. The van der Waals surface area contributed by atoms with Crippen molar-refractivity contribution in [3.63, 3.8) is 0 Å². The molecule has 0 spiro atoms. The van der Waals surface area contributed by atoms with Gasteiger partial charge in [0.25, 0.3) is 0 Å². The lowest BCUT2D eigenvalue weighted by atomic mass is 9.69. The second kappa shape index (κ2) is 7.99. The first kappa shape index (κ1) is 19.8. The number of carbonyl (C=O) groups excluding carboxylic acids is 2. The predicted octanol–water partition coefficient (Wildman–Crippen LogP) is 4.29. The van der Waals surface area contributed by atoms with Gasteiger partial charge in [0.2, 0.25) is 11.8 Å². The molecular formula is C22H31FN2O2. The summed E-state index contributed by atoms with van der Waals surface area (Å²) in [6.07, 6.45) is 5.59. The van der Waals surface area contributed by atoms with Crippen molar-refractivity contribution in [2.45, 2.75) is 65.3 Å². The molecule has 1 saturated heterocycles. The molecule has 1 N–H and O–H groups in total. The fourth-order valence-corrected chi connectivity index (χ4v) is 4.41. The molecule has 1 aliphatic carbocycles. The van der Waals surface area contributed by atoms with Crippen LogP contribution < -0.4 is 10.2 Å². The van der Waals surface area contributed by atoms with Crippen molar-refractivity contribution in [1.29, 1.82) is 0 Å². The average Bonchev–Trinajstić information content (AvgIpc) is 3.04. The Hall–Kier alpha value is -1.91. The van der Waals surface area contributed by atoms with E-state index in [1.165, 1.54) is 17.4 Å². The van der Waals surface area contributed by atoms with Gasteiger partial charge in [0.15, 0.2) is 0 Å². The van der Waals surface area contributed by atoms with Crippen LogP contribution in [0.25, 0.3) is 0 Å². The second-order valence-corrected chi connectivity index (χ2v) is 8.76. The van der Waals surface area contributed by atoms with Gasteiger partial charge in [0.1, 0.15) is 5.82 Å². The van der Waals surface area contributed by atoms with Crippen molar-refractivity contribution >= 4 is 17.5 Å². The van der Waals surface area contributed by atoms with E-state index in [9.17, 15) is 14.0 Å². The zero-order chi connectivity index (χ0) is 19.6. The van der Waals surface area contributed by atoms with Crippen LogP contribution in [0.15, 0.2) is 24.3 Å². The van der Waals surface area contributed by atoms with Crippen molar-refractivity contribution in [2.75, 3.05) is 11.4 Å². The van der Waals surface area contributed by atoms with E-state index >= 15 is 0 Å². The third kappa shape index (κ3) is 4.33. The van der Waals surface area contributed by atoms with Crippen molar-refractivity contribution in [1.82, 2.24) is 5.32 Å². The number of anilines is 1. The Morgan fingerprint density at radius 2 is 1.89 bits per heavy atom. The lowest BCUT2D eigenvalue weighted by molar-refractivity contribution is -0.127. The highest BCUT2D eigenvalue weighted by Gasteiger charge is 2.38. The number of carbonyl (C=O) groups is 2. The van der Waals surface area contributed by atoms with E-state index < -0.39 is 11.7 Å². The Labute approximate surface area is 161 Å². The molecule has 0 bridgehead atoms. The number of hydrogen-bond donors (Lipinski definition) is 1. The zero-order valence-corrected chi connectivity index (χ0v) is 16.6. The predicted molar refractivity (Wildman–Crippen MR) is 105 cm³/mol. The molecule has 1 atom stereocenters. The number of nitrogens with zero attached hydrogens (tertiary/aromatic N) is 1. The van der Waals surface area contributed by atoms with Gasteiger partial charge in [-0.1, -0.05) is 39.3 Å². The van der Waals surface area contributed by atoms with Crippen LogP contribution in [0.5, 0.6) is 0 Å². The maximum Gasteiger partial charge on any atom is 0.227 e. The summed E-state index contributed by atoms with van der Waals surface area (Å²) in [5.74, 6) is -0.375. The van der Waals surface area contributed by atoms with E-state index in [0.717, 1.165) is 25.7 Å². The van der Waals surface area contributed by atoms with Crippen molar-refractivity contribution in [2.24, 2.45) is 17.3 Å². The fourth-order valence-electron chi connectivity index (χ4n) is 4.41. The zero-order valence-electron chi connectivity index (χ0n) is 16.6. The second-order valence-electron chi connectivity index (χ2n) is 8.76. The summed E-state index contributed by atoms with van der Waals surface area (Å²) >= 11 is 0. The van der Waals surface area contributed by atoms with Gasteiger partial charge in [-0.05, 0) is 49.1 Å². The first-order valence-electron chi connectivity index (χ1n) is 10.2. The minimum atomic E-state index is -0.427. The maximum absolute atomic E-state index is 14.0. The van der Waals surface area contributed by atoms with E-state index in [1.807, 2.05) is 0 Å². The SMILES string of the molecule is CCC(C)(C)C1CCC(NC(=O)[C@H]2CC(=O)N(c3ccccc3F)C2)CC1. The normalized spacial score (nSPS) is 26.3. The lowest BCUT2D eigenvalue weighted by Crippen LogP contribution is -2.43. The summed E-state index contributed by atoms with van der Waals surface area (Å²) in [6, 6.07) is 6.42. The van der Waals surface area contributed by atoms with Gasteiger partial charge >= 0.3 is 0 Å². The van der Waals surface area contributed by atoms with Crippen LogP contribution in [0.1, 0.15) is 59.3 Å². The molecule has 2 aliphatic rings. The molecule has 1 aromatic rings. The van der Waals surface area contributed by atoms with Crippen LogP contribution in [0.4, 0.5) is 10.1 Å². The third-order valence-corrected chi connectivity index (χ3v) is 6.73. The van der Waals surface area contributed by atoms with E-state index in [2.05, 4.69) is 26.1 Å². The Bertz CT molecular complexity index is 695. The Kier molecular flexibility index (Phi) is 5.87. The first-order valence-corrected chi connectivity index (χ1v) is 10.2. The lowest BCUT2D eigenvalue weighted by Gasteiger charge is -2.39. The minimum absolute atomic E-state index is 0.0691. The first-order chi connectivity index (χ1) is 12.8. The van der Waals surface area contributed by atoms with Gasteiger partial charge in [0, 0.05) is 19.0 Å². The summed E-state index contributed by atoms with van der Waals surface area (Å²) in [6.45, 7) is 7.16. The van der Waals surface area contributed by atoms with Gasteiger partial charge in [-0.15, -0.1) is 0 Å². The number of rotatable bonds is 5. The summed E-state index contributed by atoms with van der Waals surface area (Å²) in [5, 5.41) is 3.15. The highest BCUT2D eigenvalue weighted by molar-refractivity contribution is 6.00. The van der Waals surface area contributed by atoms with Crippen molar-refractivity contribution < 1.29 is 14.0 Å². The molecule has 2 fully saturated rings. The summed E-state index contributed by atoms with van der Waals surface area (Å²) in [5.41, 5.74) is 0.618. The Balaban J connectivity index is 1.54. The van der Waals surface area contributed by atoms with Crippen LogP contribution in [0, 0.1) is 23.1 Å². The van der Waals surface area contributed by atoms with Crippen LogP contribution in [0.2, 0.25) is 0 Å². The van der Waals surface area contributed by atoms with Crippen LogP contribution >= 0.6 is 0 Å². The summed E-state index contributed by atoms with van der Waals surface area (Å²) in [4.78, 5) is 26.4. The van der Waals surface area contributed by atoms with E-state index in [1.54, 1.807) is 18.2 Å². The molecule has 3 rings (SSSR count). The van der Waals surface area contributed by atoms with E-state index in [-0.39, 0.29) is 36.5 Å². The van der Waals surface area contributed by atoms with Crippen molar-refractivity contribution in [3.05, 3.63) is 30.1 Å². The standard InChI is InChI=1S/C22H31FN2O2/c1-4-22(2,3)16-9-11-17(12-10-16)24-21(27)15-13-20(26)25(14-15)19-8-6-5-7-18(19)23/h5-8,15-17H,4,9-14H2,1-3H3,(H,24,27)/t15-,16?,17?/m0/s1. The topological polar surface area (TPSA) is 49.4 Å². The molecule has 1 aromatic carbocycles. The van der Waals surface area contributed by atoms with E-state index in [0.29, 0.717) is 11.3 Å². The molecular weight excluding hydrogens is 343 g/mol. The highest BCUT2D eigenvalue weighted by Crippen LogP contribution is 2.40. The largest absolute Gasteiger partial charge is 0.353 e. The minimum Gasteiger partial charge on any atom is -0.353 e. The number of amides is 2. The molecule has 5 heteroatoms. The summed E-state index contributed by atoms with van der Waals surface area (Å²) < 4.78 is 14.0. The van der Waals surface area contributed by atoms with Gasteiger partial charge in [-0.2, -0.15) is 0 Å². The quantitative estimate of drug-likeness (QED) is 0.836. The number of halogens is 1. The molecule has 148 valence electrons. The van der Waals surface area contributed by atoms with E-state index in [4.69, 9.17) is 0 Å². The molecule has 0 radical (unpaired) electrons. The molecule has 1 aliphatic heterocycles. The molecule has 2 amide bonds. The fraction of sp³-hybridized carbons (Fsp3) is 0.636. The molecule has 1 saturated carbocycles. The number of nitrogens with one attached hydrogen (secondary N) is 1. The smallest absolute Gasteiger partial charge is 0.227 e. The summed E-state index contributed by atoms with van der Waals surface area (Å²) in [7, 11) is 0.